The second kappa shape index (κ2) is 6.01. The summed E-state index contributed by atoms with van der Waals surface area (Å²) in [5.41, 5.74) is 0.791. The van der Waals surface area contributed by atoms with Crippen molar-refractivity contribution in [3.8, 4) is 0 Å². The summed E-state index contributed by atoms with van der Waals surface area (Å²) in [6.45, 7) is 4.22. The Balaban J connectivity index is 1.96. The highest BCUT2D eigenvalue weighted by Gasteiger charge is 2.29. The Bertz CT molecular complexity index is 691. The number of nitrogens with one attached hydrogen (secondary N) is 1. The number of rotatable bonds is 6. The summed E-state index contributed by atoms with van der Waals surface area (Å²) in [5, 5.41) is 3.19. The zero-order chi connectivity index (χ0) is 15.5. The summed E-state index contributed by atoms with van der Waals surface area (Å²) in [6, 6.07) is 3.69. The molecule has 0 aliphatic heterocycles. The molecule has 1 N–H and O–H groups in total. The zero-order valence-electron chi connectivity index (χ0n) is 12.3. The van der Waals surface area contributed by atoms with Crippen molar-refractivity contribution in [1.29, 1.82) is 0 Å². The summed E-state index contributed by atoms with van der Waals surface area (Å²) in [4.78, 5) is 20.9. The highest BCUT2D eigenvalue weighted by Crippen LogP contribution is 2.39. The number of hydrogen-bond donors (Lipinski definition) is 1. The average molecular weight is 299 g/mol. The van der Waals surface area contributed by atoms with E-state index in [2.05, 4.69) is 21.9 Å². The van der Waals surface area contributed by atoms with Crippen LogP contribution >= 0.6 is 0 Å². The number of nitrogens with zero attached hydrogens (tertiary/aromatic N) is 2. The Morgan fingerprint density at radius 2 is 2.36 bits per heavy atom. The van der Waals surface area contributed by atoms with Gasteiger partial charge < -0.3 is 14.5 Å². The molecule has 6 heteroatoms. The van der Waals surface area contributed by atoms with Gasteiger partial charge in [0.1, 0.15) is 17.4 Å². The van der Waals surface area contributed by atoms with Crippen LogP contribution < -0.4 is 5.32 Å². The molecule has 1 aliphatic carbocycles. The van der Waals surface area contributed by atoms with Crippen molar-refractivity contribution in [2.24, 2.45) is 0 Å². The number of furan rings is 1. The molecule has 0 atom stereocenters. The standard InChI is InChI=1S/C16H17N3O3/c1-3-12-13(16(20)21-2)18-14(10-6-7-10)19-15(12)17-9-11-5-4-8-22-11/h3-5,8,10H,1,6-7,9H2,2H3,(H,17,18,19). The van der Waals surface area contributed by atoms with E-state index in [9.17, 15) is 4.79 Å². The molecule has 1 aliphatic rings. The van der Waals surface area contributed by atoms with Crippen molar-refractivity contribution in [1.82, 2.24) is 9.97 Å². The lowest BCUT2D eigenvalue weighted by Gasteiger charge is -2.12. The summed E-state index contributed by atoms with van der Waals surface area (Å²) >= 11 is 0. The fraction of sp³-hybridized carbons (Fsp3) is 0.312. The maximum absolute atomic E-state index is 12.0. The normalized spacial score (nSPS) is 13.7. The number of hydrogen-bond acceptors (Lipinski definition) is 6. The van der Waals surface area contributed by atoms with E-state index in [0.717, 1.165) is 18.6 Å². The minimum atomic E-state index is -0.486. The van der Waals surface area contributed by atoms with Crippen molar-refractivity contribution >= 4 is 17.9 Å². The topological polar surface area (TPSA) is 77.3 Å². The lowest BCUT2D eigenvalue weighted by Crippen LogP contribution is -2.14. The molecule has 0 unspecified atom stereocenters. The number of anilines is 1. The maximum atomic E-state index is 12.0. The van der Waals surface area contributed by atoms with Crippen LogP contribution in [0.15, 0.2) is 29.4 Å². The maximum Gasteiger partial charge on any atom is 0.357 e. The molecule has 0 bridgehead atoms. The number of carbonyl (C=O) groups excluding carboxylic acids is 1. The fourth-order valence-corrected chi connectivity index (χ4v) is 2.18. The van der Waals surface area contributed by atoms with Crippen LogP contribution in [-0.4, -0.2) is 23.0 Å². The van der Waals surface area contributed by atoms with Gasteiger partial charge in [-0.15, -0.1) is 0 Å². The van der Waals surface area contributed by atoms with Crippen molar-refractivity contribution in [2.75, 3.05) is 12.4 Å². The van der Waals surface area contributed by atoms with Gasteiger partial charge in [0, 0.05) is 11.5 Å². The molecule has 114 valence electrons. The Morgan fingerprint density at radius 3 is 2.95 bits per heavy atom. The number of methoxy groups -OCH3 is 1. The van der Waals surface area contributed by atoms with Crippen molar-refractivity contribution < 1.29 is 13.9 Å². The number of ether oxygens (including phenoxy) is 1. The zero-order valence-corrected chi connectivity index (χ0v) is 12.3. The highest BCUT2D eigenvalue weighted by molar-refractivity contribution is 5.93. The van der Waals surface area contributed by atoms with Crippen LogP contribution in [0.1, 0.15) is 46.4 Å². The Kier molecular flexibility index (Phi) is 3.91. The molecule has 0 radical (unpaired) electrons. The molecule has 2 heterocycles. The molecule has 2 aromatic rings. The highest BCUT2D eigenvalue weighted by atomic mass is 16.5. The van der Waals surface area contributed by atoms with Gasteiger partial charge >= 0.3 is 5.97 Å². The third-order valence-corrected chi connectivity index (χ3v) is 3.50. The average Bonchev–Trinajstić information content (AvgIpc) is 3.27. The first kappa shape index (κ1) is 14.3. The van der Waals surface area contributed by atoms with E-state index in [-0.39, 0.29) is 5.69 Å². The van der Waals surface area contributed by atoms with E-state index >= 15 is 0 Å². The van der Waals surface area contributed by atoms with E-state index in [0.29, 0.717) is 29.7 Å². The summed E-state index contributed by atoms with van der Waals surface area (Å²) in [6.07, 6.45) is 5.27. The van der Waals surface area contributed by atoms with Crippen LogP contribution in [0, 0.1) is 0 Å². The van der Waals surface area contributed by atoms with Crippen molar-refractivity contribution in [3.63, 3.8) is 0 Å². The first-order valence-corrected chi connectivity index (χ1v) is 7.12. The lowest BCUT2D eigenvalue weighted by atomic mass is 10.2. The van der Waals surface area contributed by atoms with Gasteiger partial charge in [0.05, 0.1) is 19.9 Å². The van der Waals surface area contributed by atoms with E-state index in [1.807, 2.05) is 12.1 Å². The molecule has 0 spiro atoms. The molecule has 3 rings (SSSR count). The number of carbonyl (C=O) groups is 1. The largest absolute Gasteiger partial charge is 0.467 e. The van der Waals surface area contributed by atoms with Crippen molar-refractivity contribution in [2.45, 2.75) is 25.3 Å². The van der Waals surface area contributed by atoms with Crippen LogP contribution in [0.5, 0.6) is 0 Å². The minimum Gasteiger partial charge on any atom is -0.467 e. The second-order valence-electron chi connectivity index (χ2n) is 5.10. The predicted molar refractivity (Wildman–Crippen MR) is 81.5 cm³/mol. The van der Waals surface area contributed by atoms with Crippen molar-refractivity contribution in [3.05, 3.63) is 47.8 Å². The number of aromatic nitrogens is 2. The van der Waals surface area contributed by atoms with Crippen LogP contribution in [0.3, 0.4) is 0 Å². The van der Waals surface area contributed by atoms with E-state index < -0.39 is 5.97 Å². The monoisotopic (exact) mass is 299 g/mol. The molecule has 1 saturated carbocycles. The molecule has 1 fully saturated rings. The molecule has 0 saturated heterocycles. The Hall–Kier alpha value is -2.63. The van der Waals surface area contributed by atoms with Gasteiger partial charge in [-0.25, -0.2) is 14.8 Å². The van der Waals surface area contributed by atoms with E-state index in [4.69, 9.17) is 9.15 Å². The van der Waals surface area contributed by atoms with E-state index in [1.54, 1.807) is 12.3 Å². The minimum absolute atomic E-state index is 0.247. The molecule has 0 aromatic carbocycles. The van der Waals surface area contributed by atoms with Gasteiger partial charge in [-0.05, 0) is 25.0 Å². The Morgan fingerprint density at radius 1 is 1.55 bits per heavy atom. The SMILES string of the molecule is C=Cc1c(NCc2ccco2)nc(C2CC2)nc1C(=O)OC. The second-order valence-corrected chi connectivity index (χ2v) is 5.10. The van der Waals surface area contributed by atoms with Gasteiger partial charge in [-0.2, -0.15) is 0 Å². The van der Waals surface area contributed by atoms with Gasteiger partial charge in [0.15, 0.2) is 5.69 Å². The lowest BCUT2D eigenvalue weighted by molar-refractivity contribution is 0.0593. The van der Waals surface area contributed by atoms with Crippen LogP contribution in [-0.2, 0) is 11.3 Å². The molecular formula is C16H17N3O3. The van der Waals surface area contributed by atoms with Gasteiger partial charge in [-0.1, -0.05) is 12.7 Å². The molecule has 0 amide bonds. The summed E-state index contributed by atoms with van der Waals surface area (Å²) < 4.78 is 10.1. The van der Waals surface area contributed by atoms with Crippen LogP contribution in [0.2, 0.25) is 0 Å². The smallest absolute Gasteiger partial charge is 0.357 e. The summed E-state index contributed by atoms with van der Waals surface area (Å²) in [5.74, 6) is 1.87. The molecular weight excluding hydrogens is 282 g/mol. The first-order chi connectivity index (χ1) is 10.7. The molecule has 6 nitrogen and oxygen atoms in total. The third-order valence-electron chi connectivity index (χ3n) is 3.50. The van der Waals surface area contributed by atoms with E-state index in [1.165, 1.54) is 7.11 Å². The van der Waals surface area contributed by atoms with Gasteiger partial charge in [0.25, 0.3) is 0 Å². The summed E-state index contributed by atoms with van der Waals surface area (Å²) in [7, 11) is 1.34. The van der Waals surface area contributed by atoms with Crippen LogP contribution in [0.25, 0.3) is 6.08 Å². The fourth-order valence-electron chi connectivity index (χ4n) is 2.18. The third kappa shape index (κ3) is 2.86. The predicted octanol–water partition coefficient (Wildman–Crippen LogP) is 2.99. The molecule has 2 aromatic heterocycles. The first-order valence-electron chi connectivity index (χ1n) is 7.12. The quantitative estimate of drug-likeness (QED) is 0.826. The van der Waals surface area contributed by atoms with Crippen LogP contribution in [0.4, 0.5) is 5.82 Å². The number of esters is 1. The Labute approximate surface area is 128 Å². The van der Waals surface area contributed by atoms with Gasteiger partial charge in [0.2, 0.25) is 0 Å². The molecule has 22 heavy (non-hydrogen) atoms. The van der Waals surface area contributed by atoms with Gasteiger partial charge in [-0.3, -0.25) is 0 Å².